The summed E-state index contributed by atoms with van der Waals surface area (Å²) in [5.41, 5.74) is 1.28. The third kappa shape index (κ3) is 5.32. The zero-order valence-corrected chi connectivity index (χ0v) is 16.1. The first-order chi connectivity index (χ1) is 13.1. The maximum atomic E-state index is 13.3. The Morgan fingerprint density at radius 3 is 2.44 bits per heavy atom. The van der Waals surface area contributed by atoms with E-state index in [0.717, 1.165) is 32.2 Å². The van der Waals surface area contributed by atoms with Gasteiger partial charge in [-0.3, -0.25) is 0 Å². The Kier molecular flexibility index (Phi) is 7.85. The summed E-state index contributed by atoms with van der Waals surface area (Å²) < 4.78 is 13.3. The van der Waals surface area contributed by atoms with E-state index >= 15 is 0 Å². The number of unbranched alkanes of at least 4 members (excludes halogenated alkanes) is 1. The molecule has 0 aliphatic rings. The topological polar surface area (TPSA) is 61.7 Å². The summed E-state index contributed by atoms with van der Waals surface area (Å²) in [5.74, 6) is 0.753. The van der Waals surface area contributed by atoms with Gasteiger partial charge in [0.25, 0.3) is 0 Å². The van der Waals surface area contributed by atoms with E-state index in [-0.39, 0.29) is 12.4 Å². The molecule has 0 aliphatic carbocycles. The predicted molar refractivity (Wildman–Crippen MR) is 108 cm³/mol. The highest BCUT2D eigenvalue weighted by Crippen LogP contribution is 2.33. The zero-order chi connectivity index (χ0) is 19.6. The van der Waals surface area contributed by atoms with Crippen molar-refractivity contribution in [3.05, 3.63) is 36.3 Å². The van der Waals surface area contributed by atoms with Crippen LogP contribution in [0.4, 0.5) is 27.5 Å². The van der Waals surface area contributed by atoms with Crippen LogP contribution in [0.15, 0.2) is 35.5 Å². The summed E-state index contributed by atoms with van der Waals surface area (Å²) in [6.07, 6.45) is 6.09. The lowest BCUT2D eigenvalue weighted by molar-refractivity contribution is -0.106. The van der Waals surface area contributed by atoms with Crippen molar-refractivity contribution in [2.24, 2.45) is 4.99 Å². The SMILES string of the molecule is CCCC=Nc1nc(N(CC)CC)ncc1N(CC=O)c1ccc(F)cc1. The van der Waals surface area contributed by atoms with E-state index in [4.69, 9.17) is 0 Å². The van der Waals surface area contributed by atoms with E-state index in [1.54, 1.807) is 23.2 Å². The van der Waals surface area contributed by atoms with Gasteiger partial charge < -0.3 is 14.6 Å². The molecule has 1 aromatic heterocycles. The highest BCUT2D eigenvalue weighted by molar-refractivity contribution is 5.79. The molecular weight excluding hydrogens is 345 g/mol. The predicted octanol–water partition coefficient (Wildman–Crippen LogP) is 4.30. The molecule has 27 heavy (non-hydrogen) atoms. The van der Waals surface area contributed by atoms with Crippen LogP contribution in [0, 0.1) is 5.82 Å². The molecule has 0 aliphatic heterocycles. The smallest absolute Gasteiger partial charge is 0.227 e. The lowest BCUT2D eigenvalue weighted by Gasteiger charge is -2.25. The van der Waals surface area contributed by atoms with Crippen molar-refractivity contribution < 1.29 is 9.18 Å². The van der Waals surface area contributed by atoms with Gasteiger partial charge in [0, 0.05) is 25.0 Å². The number of halogens is 1. The fourth-order valence-corrected chi connectivity index (χ4v) is 2.62. The highest BCUT2D eigenvalue weighted by atomic mass is 19.1. The van der Waals surface area contributed by atoms with Crippen molar-refractivity contribution in [1.82, 2.24) is 9.97 Å². The lowest BCUT2D eigenvalue weighted by Crippen LogP contribution is -2.25. The van der Waals surface area contributed by atoms with Gasteiger partial charge in [-0.2, -0.15) is 4.98 Å². The number of carbonyl (C=O) groups excluding carboxylic acids is 1. The molecule has 0 spiro atoms. The van der Waals surface area contributed by atoms with Gasteiger partial charge in [0.2, 0.25) is 5.95 Å². The quantitative estimate of drug-likeness (QED) is 0.460. The molecule has 0 amide bonds. The molecule has 144 valence electrons. The van der Waals surface area contributed by atoms with Crippen LogP contribution >= 0.6 is 0 Å². The van der Waals surface area contributed by atoms with Gasteiger partial charge in [-0.15, -0.1) is 0 Å². The molecule has 0 radical (unpaired) electrons. The number of hydrogen-bond acceptors (Lipinski definition) is 6. The Morgan fingerprint density at radius 1 is 1.15 bits per heavy atom. The molecule has 2 rings (SSSR count). The summed E-state index contributed by atoms with van der Waals surface area (Å²) in [4.78, 5) is 28.6. The van der Waals surface area contributed by atoms with Crippen molar-refractivity contribution in [2.75, 3.05) is 29.4 Å². The minimum Gasteiger partial charge on any atom is -0.341 e. The summed E-state index contributed by atoms with van der Waals surface area (Å²) in [5, 5.41) is 0. The number of hydrogen-bond donors (Lipinski definition) is 0. The van der Waals surface area contributed by atoms with Crippen LogP contribution in [-0.4, -0.2) is 42.1 Å². The average molecular weight is 371 g/mol. The van der Waals surface area contributed by atoms with Crippen molar-refractivity contribution in [3.8, 4) is 0 Å². The van der Waals surface area contributed by atoms with Crippen LogP contribution < -0.4 is 9.80 Å². The number of aliphatic imine (C=N–C) groups is 1. The Morgan fingerprint density at radius 2 is 1.85 bits per heavy atom. The van der Waals surface area contributed by atoms with Crippen LogP contribution in [0.2, 0.25) is 0 Å². The third-order valence-electron chi connectivity index (χ3n) is 4.10. The van der Waals surface area contributed by atoms with E-state index < -0.39 is 0 Å². The summed E-state index contributed by atoms with van der Waals surface area (Å²) >= 11 is 0. The summed E-state index contributed by atoms with van der Waals surface area (Å²) in [6.45, 7) is 7.81. The molecule has 7 heteroatoms. The maximum absolute atomic E-state index is 13.3. The Labute approximate surface area is 159 Å². The molecule has 0 atom stereocenters. The van der Waals surface area contributed by atoms with Crippen LogP contribution in [-0.2, 0) is 4.79 Å². The second kappa shape index (κ2) is 10.4. The number of rotatable bonds is 10. The van der Waals surface area contributed by atoms with Crippen LogP contribution in [0.1, 0.15) is 33.6 Å². The first-order valence-corrected chi connectivity index (χ1v) is 9.25. The zero-order valence-electron chi connectivity index (χ0n) is 16.1. The Bertz CT molecular complexity index is 759. The summed E-state index contributed by atoms with van der Waals surface area (Å²) in [6, 6.07) is 5.96. The van der Waals surface area contributed by atoms with E-state index in [1.807, 2.05) is 25.0 Å². The van der Waals surface area contributed by atoms with E-state index in [2.05, 4.69) is 21.9 Å². The first kappa shape index (κ1) is 20.5. The van der Waals surface area contributed by atoms with Gasteiger partial charge in [0.05, 0.1) is 12.7 Å². The van der Waals surface area contributed by atoms with Crippen molar-refractivity contribution in [1.29, 1.82) is 0 Å². The van der Waals surface area contributed by atoms with Gasteiger partial charge in [0.15, 0.2) is 5.82 Å². The number of carbonyl (C=O) groups is 1. The van der Waals surface area contributed by atoms with Gasteiger partial charge in [-0.05, 0) is 44.5 Å². The van der Waals surface area contributed by atoms with E-state index in [9.17, 15) is 9.18 Å². The molecule has 0 unspecified atom stereocenters. The van der Waals surface area contributed by atoms with Gasteiger partial charge in [0.1, 0.15) is 17.8 Å². The number of benzene rings is 1. The molecule has 0 saturated carbocycles. The van der Waals surface area contributed by atoms with Gasteiger partial charge in [-0.1, -0.05) is 13.3 Å². The van der Waals surface area contributed by atoms with Crippen LogP contribution in [0.25, 0.3) is 0 Å². The van der Waals surface area contributed by atoms with E-state index in [0.29, 0.717) is 23.1 Å². The molecule has 0 fully saturated rings. The standard InChI is InChI=1S/C20H26FN5O/c1-4-7-12-22-19-18(15-23-20(24-19)25(5-2)6-3)26(13-14-27)17-10-8-16(21)9-11-17/h8-12,14-15H,4-7,13H2,1-3H3. The number of anilines is 3. The molecule has 6 nitrogen and oxygen atoms in total. The van der Waals surface area contributed by atoms with Gasteiger partial charge >= 0.3 is 0 Å². The number of nitrogens with zero attached hydrogens (tertiary/aromatic N) is 5. The van der Waals surface area contributed by atoms with E-state index in [1.165, 1.54) is 12.1 Å². The number of aldehydes is 1. The monoisotopic (exact) mass is 371 g/mol. The largest absolute Gasteiger partial charge is 0.341 e. The summed E-state index contributed by atoms with van der Waals surface area (Å²) in [7, 11) is 0. The van der Waals surface area contributed by atoms with Gasteiger partial charge in [-0.25, -0.2) is 14.4 Å². The molecule has 0 saturated heterocycles. The lowest BCUT2D eigenvalue weighted by atomic mass is 10.2. The first-order valence-electron chi connectivity index (χ1n) is 9.25. The fraction of sp³-hybridized carbons (Fsp3) is 0.400. The molecule has 0 bridgehead atoms. The third-order valence-corrected chi connectivity index (χ3v) is 4.10. The second-order valence-electron chi connectivity index (χ2n) is 5.91. The Hall–Kier alpha value is -2.83. The van der Waals surface area contributed by atoms with Crippen molar-refractivity contribution >= 4 is 35.6 Å². The maximum Gasteiger partial charge on any atom is 0.227 e. The minimum absolute atomic E-state index is 0.0932. The molecule has 0 N–H and O–H groups in total. The van der Waals surface area contributed by atoms with Crippen molar-refractivity contribution in [3.63, 3.8) is 0 Å². The minimum atomic E-state index is -0.334. The average Bonchev–Trinajstić information content (AvgIpc) is 2.69. The number of aromatic nitrogens is 2. The van der Waals surface area contributed by atoms with Crippen LogP contribution in [0.5, 0.6) is 0 Å². The Balaban J connectivity index is 2.52. The molecule has 1 heterocycles. The van der Waals surface area contributed by atoms with Crippen LogP contribution in [0.3, 0.4) is 0 Å². The molecule has 1 aromatic carbocycles. The fourth-order valence-electron chi connectivity index (χ4n) is 2.62. The highest BCUT2D eigenvalue weighted by Gasteiger charge is 2.17. The molecular formula is C20H26FN5O. The van der Waals surface area contributed by atoms with Crippen molar-refractivity contribution in [2.45, 2.75) is 33.6 Å². The molecule has 2 aromatic rings. The second-order valence-corrected chi connectivity index (χ2v) is 5.91. The normalized spacial score (nSPS) is 11.0.